The van der Waals surface area contributed by atoms with Crippen molar-refractivity contribution in [3.63, 3.8) is 0 Å². The van der Waals surface area contributed by atoms with E-state index in [2.05, 4.69) is 9.64 Å². The molecule has 4 aromatic carbocycles. The van der Waals surface area contributed by atoms with Crippen molar-refractivity contribution in [1.29, 1.82) is 0 Å². The number of hydrogen-bond donors (Lipinski definition) is 0. The average molecular weight is 793 g/mol. The van der Waals surface area contributed by atoms with Crippen LogP contribution in [0.3, 0.4) is 0 Å². The first kappa shape index (κ1) is 42.4. The molecule has 14 heteroatoms. The predicted octanol–water partition coefficient (Wildman–Crippen LogP) is 7.30. The molecular formula is C43H45F5N4O5. The summed E-state index contributed by atoms with van der Waals surface area (Å²) in [6.45, 7) is 1.70. The molecule has 0 bridgehead atoms. The maximum Gasteiger partial charge on any atom is 0.416 e. The molecule has 1 heterocycles. The summed E-state index contributed by atoms with van der Waals surface area (Å²) in [5, 5.41) is 0. The SMILES string of the molecule is CC(=O)N1CCN(c2ccc(CN(C(=O)/C=C/c3ccc(C(F)(F)F)cc3)[C@@H](Cc3ccccc3)C(=O)N(C)CCOCc3ccc(OC(F)F)cc3)cc2)CC1. The third-order valence-corrected chi connectivity index (χ3v) is 9.62. The topological polar surface area (TPSA) is 82.6 Å². The number of amides is 3. The number of ether oxygens (including phenoxy) is 2. The van der Waals surface area contributed by atoms with Gasteiger partial charge in [0, 0.05) is 71.4 Å². The molecule has 4 aromatic rings. The number of hydrogen-bond acceptors (Lipinski definition) is 6. The van der Waals surface area contributed by atoms with Gasteiger partial charge in [-0.1, -0.05) is 66.7 Å². The number of halogens is 5. The molecule has 1 saturated heterocycles. The third kappa shape index (κ3) is 12.6. The van der Waals surface area contributed by atoms with Gasteiger partial charge in [-0.25, -0.2) is 0 Å². The fourth-order valence-electron chi connectivity index (χ4n) is 6.37. The molecule has 0 unspecified atom stereocenters. The molecule has 9 nitrogen and oxygen atoms in total. The molecule has 5 rings (SSSR count). The van der Waals surface area contributed by atoms with E-state index in [1.807, 2.05) is 54.6 Å². The van der Waals surface area contributed by atoms with Gasteiger partial charge in [-0.3, -0.25) is 14.4 Å². The fraction of sp³-hybridized carbons (Fsp3) is 0.326. The molecule has 0 saturated carbocycles. The van der Waals surface area contributed by atoms with Crippen LogP contribution < -0.4 is 9.64 Å². The van der Waals surface area contributed by atoms with E-state index < -0.39 is 30.3 Å². The van der Waals surface area contributed by atoms with E-state index >= 15 is 0 Å². The van der Waals surface area contributed by atoms with Crippen LogP contribution in [0.5, 0.6) is 5.75 Å². The van der Waals surface area contributed by atoms with Crippen molar-refractivity contribution in [3.8, 4) is 5.75 Å². The minimum atomic E-state index is -4.51. The van der Waals surface area contributed by atoms with E-state index in [0.29, 0.717) is 37.3 Å². The van der Waals surface area contributed by atoms with Crippen molar-refractivity contribution in [2.75, 3.05) is 51.3 Å². The molecule has 3 amide bonds. The van der Waals surface area contributed by atoms with E-state index in [1.165, 1.54) is 46.2 Å². The molecule has 1 atom stereocenters. The smallest absolute Gasteiger partial charge is 0.416 e. The molecule has 0 spiro atoms. The molecule has 1 fully saturated rings. The maximum absolute atomic E-state index is 14.4. The summed E-state index contributed by atoms with van der Waals surface area (Å²) in [7, 11) is 1.61. The Morgan fingerprint density at radius 1 is 0.807 bits per heavy atom. The largest absolute Gasteiger partial charge is 0.435 e. The number of likely N-dealkylation sites (N-methyl/N-ethyl adjacent to an activating group) is 1. The lowest BCUT2D eigenvalue weighted by Gasteiger charge is -2.36. The van der Waals surface area contributed by atoms with Crippen LogP contribution in [0.2, 0.25) is 0 Å². The molecule has 0 aromatic heterocycles. The molecule has 302 valence electrons. The van der Waals surface area contributed by atoms with Gasteiger partial charge in [-0.2, -0.15) is 22.0 Å². The summed E-state index contributed by atoms with van der Waals surface area (Å²) in [6.07, 6.45) is -1.64. The zero-order valence-electron chi connectivity index (χ0n) is 31.7. The predicted molar refractivity (Wildman–Crippen MR) is 206 cm³/mol. The van der Waals surface area contributed by atoms with E-state index in [1.54, 1.807) is 31.0 Å². The van der Waals surface area contributed by atoms with Crippen molar-refractivity contribution < 1.29 is 45.8 Å². The van der Waals surface area contributed by atoms with Crippen molar-refractivity contribution in [2.45, 2.75) is 45.3 Å². The number of carbonyl (C=O) groups excluding carboxylic acids is 3. The standard InChI is InChI=1S/C43H45F5N4O5/c1-31(53)50-22-24-51(25-23-50)37-17-10-34(11-18-37)29-52(40(54)21-14-32-8-15-36(16-9-32)43(46,47)48)39(28-33-6-4-3-5-7-33)41(55)49(2)26-27-56-30-35-12-19-38(20-13-35)57-42(44)45/h3-21,39,42H,22-30H2,1-2H3/b21-14+/t39-/m0/s1. The number of carbonyl (C=O) groups is 3. The summed E-state index contributed by atoms with van der Waals surface area (Å²) in [5.74, 6) is -0.811. The quantitative estimate of drug-likeness (QED) is 0.0674. The molecule has 0 N–H and O–H groups in total. The van der Waals surface area contributed by atoms with Gasteiger partial charge in [-0.05, 0) is 64.7 Å². The highest BCUT2D eigenvalue weighted by Gasteiger charge is 2.32. The fourth-order valence-corrected chi connectivity index (χ4v) is 6.37. The normalized spacial score (nSPS) is 13.8. The zero-order valence-corrected chi connectivity index (χ0v) is 31.7. The highest BCUT2D eigenvalue weighted by Crippen LogP contribution is 2.29. The zero-order chi connectivity index (χ0) is 41.0. The van der Waals surface area contributed by atoms with Crippen LogP contribution in [-0.2, 0) is 44.9 Å². The minimum absolute atomic E-state index is 0.0250. The number of rotatable bonds is 16. The van der Waals surface area contributed by atoms with Gasteiger partial charge in [0.25, 0.3) is 0 Å². The van der Waals surface area contributed by atoms with Crippen LogP contribution in [0.1, 0.15) is 34.7 Å². The second-order valence-corrected chi connectivity index (χ2v) is 13.6. The highest BCUT2D eigenvalue weighted by molar-refractivity contribution is 5.95. The Hall–Kier alpha value is -5.76. The summed E-state index contributed by atoms with van der Waals surface area (Å²) in [5.41, 5.74) is 2.80. The number of anilines is 1. The molecular weight excluding hydrogens is 747 g/mol. The summed E-state index contributed by atoms with van der Waals surface area (Å²) >= 11 is 0. The van der Waals surface area contributed by atoms with Gasteiger partial charge >= 0.3 is 12.8 Å². The maximum atomic E-state index is 14.4. The lowest BCUT2D eigenvalue weighted by atomic mass is 10.0. The lowest BCUT2D eigenvalue weighted by Crippen LogP contribution is -2.51. The highest BCUT2D eigenvalue weighted by atomic mass is 19.4. The number of piperazine rings is 1. The Morgan fingerprint density at radius 2 is 1.44 bits per heavy atom. The number of nitrogens with zero attached hydrogens (tertiary/aromatic N) is 4. The van der Waals surface area contributed by atoms with Crippen LogP contribution in [-0.4, -0.2) is 91.5 Å². The average Bonchev–Trinajstić information content (AvgIpc) is 3.20. The first-order valence-electron chi connectivity index (χ1n) is 18.4. The molecule has 57 heavy (non-hydrogen) atoms. The van der Waals surface area contributed by atoms with E-state index in [9.17, 15) is 36.3 Å². The van der Waals surface area contributed by atoms with Gasteiger partial charge in [0.15, 0.2) is 0 Å². The van der Waals surface area contributed by atoms with Crippen LogP contribution in [0.15, 0.2) is 109 Å². The second kappa shape index (κ2) is 19.9. The summed E-state index contributed by atoms with van der Waals surface area (Å²) in [4.78, 5) is 47.3. The molecule has 0 radical (unpaired) electrons. The summed E-state index contributed by atoms with van der Waals surface area (Å²) in [6, 6.07) is 26.4. The Bertz CT molecular complexity index is 1930. The van der Waals surface area contributed by atoms with Crippen LogP contribution in [0, 0.1) is 0 Å². The monoisotopic (exact) mass is 792 g/mol. The van der Waals surface area contributed by atoms with Gasteiger partial charge < -0.3 is 29.1 Å². The molecule has 1 aliphatic heterocycles. The van der Waals surface area contributed by atoms with Crippen molar-refractivity contribution in [1.82, 2.24) is 14.7 Å². The number of alkyl halides is 5. The first-order chi connectivity index (χ1) is 27.3. The Labute approximate surface area is 328 Å². The summed E-state index contributed by atoms with van der Waals surface area (Å²) < 4.78 is 74.8. The van der Waals surface area contributed by atoms with Crippen LogP contribution in [0.25, 0.3) is 6.08 Å². The van der Waals surface area contributed by atoms with Crippen molar-refractivity contribution in [2.24, 2.45) is 0 Å². The van der Waals surface area contributed by atoms with Gasteiger partial charge in [0.05, 0.1) is 18.8 Å². The van der Waals surface area contributed by atoms with E-state index in [0.717, 1.165) is 28.9 Å². The van der Waals surface area contributed by atoms with Crippen LogP contribution >= 0.6 is 0 Å². The van der Waals surface area contributed by atoms with Gasteiger partial charge in [-0.15, -0.1) is 0 Å². The third-order valence-electron chi connectivity index (χ3n) is 9.62. The van der Waals surface area contributed by atoms with Gasteiger partial charge in [0.1, 0.15) is 11.8 Å². The van der Waals surface area contributed by atoms with Crippen LogP contribution in [0.4, 0.5) is 27.6 Å². The first-order valence-corrected chi connectivity index (χ1v) is 18.4. The van der Waals surface area contributed by atoms with Crippen molar-refractivity contribution >= 4 is 29.5 Å². The lowest BCUT2D eigenvalue weighted by molar-refractivity contribution is -0.143. The van der Waals surface area contributed by atoms with E-state index in [-0.39, 0.29) is 50.3 Å². The Morgan fingerprint density at radius 3 is 2.04 bits per heavy atom. The van der Waals surface area contributed by atoms with E-state index in [4.69, 9.17) is 4.74 Å². The Kier molecular flexibility index (Phi) is 14.8. The molecule has 0 aliphatic carbocycles. The second-order valence-electron chi connectivity index (χ2n) is 13.6. The minimum Gasteiger partial charge on any atom is -0.435 e. The Balaban J connectivity index is 1.35. The molecule has 1 aliphatic rings. The van der Waals surface area contributed by atoms with Crippen molar-refractivity contribution in [3.05, 3.63) is 137 Å². The number of benzene rings is 4. The van der Waals surface area contributed by atoms with Gasteiger partial charge in [0.2, 0.25) is 17.7 Å².